The molecule has 0 saturated carbocycles. The van der Waals surface area contributed by atoms with Gasteiger partial charge in [-0.1, -0.05) is 32.4 Å². The van der Waals surface area contributed by atoms with Crippen molar-refractivity contribution in [1.29, 1.82) is 0 Å². The van der Waals surface area contributed by atoms with Gasteiger partial charge in [-0.2, -0.15) is 0 Å². The Kier molecular flexibility index (Phi) is 6.03. The molecule has 0 bridgehead atoms. The molecule has 7 heteroatoms. The summed E-state index contributed by atoms with van der Waals surface area (Å²) in [6.07, 6.45) is 0.643. The molecule has 1 aromatic carbocycles. The second-order valence-electron chi connectivity index (χ2n) is 5.60. The number of carbonyl (C=O) groups excluding carboxylic acids is 1. The van der Waals surface area contributed by atoms with Crippen LogP contribution in [0.4, 0.5) is 4.39 Å². The highest BCUT2D eigenvalue weighted by Crippen LogP contribution is 2.24. The van der Waals surface area contributed by atoms with Gasteiger partial charge in [-0.15, -0.1) is 11.3 Å². The lowest BCUT2D eigenvalue weighted by Crippen LogP contribution is -2.45. The SMILES string of the molecule is CC[C@H](C)[C@H](NC(=O)Cc1csc(-c2cccc(F)c2)n1)C(=O)O. The molecule has 1 heterocycles. The number of thiazole rings is 1. The van der Waals surface area contributed by atoms with Gasteiger partial charge in [0.05, 0.1) is 12.1 Å². The molecule has 2 N–H and O–H groups in total. The molecule has 128 valence electrons. The highest BCUT2D eigenvalue weighted by Gasteiger charge is 2.25. The van der Waals surface area contributed by atoms with Crippen molar-refractivity contribution in [3.05, 3.63) is 41.2 Å². The van der Waals surface area contributed by atoms with E-state index < -0.39 is 17.9 Å². The van der Waals surface area contributed by atoms with Crippen LogP contribution >= 0.6 is 11.3 Å². The summed E-state index contributed by atoms with van der Waals surface area (Å²) >= 11 is 1.32. The van der Waals surface area contributed by atoms with E-state index in [1.54, 1.807) is 24.4 Å². The molecule has 0 aliphatic carbocycles. The van der Waals surface area contributed by atoms with Crippen molar-refractivity contribution in [2.45, 2.75) is 32.7 Å². The number of nitrogens with zero attached hydrogens (tertiary/aromatic N) is 1. The zero-order valence-electron chi connectivity index (χ0n) is 13.5. The zero-order valence-corrected chi connectivity index (χ0v) is 14.3. The van der Waals surface area contributed by atoms with Crippen LogP contribution in [0.15, 0.2) is 29.6 Å². The maximum absolute atomic E-state index is 13.3. The first kappa shape index (κ1) is 18.1. The number of nitrogens with one attached hydrogen (secondary N) is 1. The van der Waals surface area contributed by atoms with Gasteiger partial charge in [0.1, 0.15) is 16.9 Å². The van der Waals surface area contributed by atoms with Crippen molar-refractivity contribution < 1.29 is 19.1 Å². The number of hydrogen-bond acceptors (Lipinski definition) is 4. The molecule has 24 heavy (non-hydrogen) atoms. The van der Waals surface area contributed by atoms with Gasteiger partial charge in [0.2, 0.25) is 5.91 Å². The number of halogens is 1. The molecule has 0 aliphatic rings. The van der Waals surface area contributed by atoms with Crippen LogP contribution in [0.25, 0.3) is 10.6 Å². The molecular formula is C17H19FN2O3S. The maximum atomic E-state index is 13.3. The number of amides is 1. The quantitative estimate of drug-likeness (QED) is 0.804. The molecule has 0 fully saturated rings. The Bertz CT molecular complexity index is 732. The monoisotopic (exact) mass is 350 g/mol. The number of aliphatic carboxylic acids is 1. The third-order valence-electron chi connectivity index (χ3n) is 3.76. The van der Waals surface area contributed by atoms with Crippen molar-refractivity contribution in [1.82, 2.24) is 10.3 Å². The fourth-order valence-corrected chi connectivity index (χ4v) is 3.03. The van der Waals surface area contributed by atoms with Gasteiger partial charge in [0.15, 0.2) is 0 Å². The first-order valence-corrected chi connectivity index (χ1v) is 8.51. The van der Waals surface area contributed by atoms with Gasteiger partial charge in [-0.25, -0.2) is 14.2 Å². The van der Waals surface area contributed by atoms with E-state index in [0.29, 0.717) is 22.7 Å². The minimum atomic E-state index is -1.04. The smallest absolute Gasteiger partial charge is 0.326 e. The van der Waals surface area contributed by atoms with Gasteiger partial charge in [-0.05, 0) is 18.1 Å². The van der Waals surface area contributed by atoms with Gasteiger partial charge in [0, 0.05) is 10.9 Å². The summed E-state index contributed by atoms with van der Waals surface area (Å²) in [6, 6.07) is 5.17. The van der Waals surface area contributed by atoms with Crippen molar-refractivity contribution in [2.24, 2.45) is 5.92 Å². The zero-order chi connectivity index (χ0) is 17.7. The maximum Gasteiger partial charge on any atom is 0.326 e. The number of hydrogen-bond donors (Lipinski definition) is 2. The molecule has 0 radical (unpaired) electrons. The average Bonchev–Trinajstić information content (AvgIpc) is 3.00. The Labute approximate surface area is 143 Å². The first-order chi connectivity index (χ1) is 11.4. The molecule has 0 unspecified atom stereocenters. The van der Waals surface area contributed by atoms with Crippen LogP contribution in [0.2, 0.25) is 0 Å². The van der Waals surface area contributed by atoms with E-state index >= 15 is 0 Å². The summed E-state index contributed by atoms with van der Waals surface area (Å²) in [5, 5.41) is 14.1. The molecule has 2 rings (SSSR count). The third kappa shape index (κ3) is 4.61. The lowest BCUT2D eigenvalue weighted by molar-refractivity contribution is -0.143. The Balaban J connectivity index is 2.03. The fraction of sp³-hybridized carbons (Fsp3) is 0.353. The number of aromatic nitrogens is 1. The van der Waals surface area contributed by atoms with E-state index in [-0.39, 0.29) is 18.2 Å². The molecule has 1 amide bonds. The van der Waals surface area contributed by atoms with Crippen molar-refractivity contribution in [2.75, 3.05) is 0 Å². The van der Waals surface area contributed by atoms with E-state index in [9.17, 15) is 19.1 Å². The summed E-state index contributed by atoms with van der Waals surface area (Å²) < 4.78 is 13.3. The number of benzene rings is 1. The first-order valence-electron chi connectivity index (χ1n) is 7.63. The van der Waals surface area contributed by atoms with E-state index in [1.165, 1.54) is 23.5 Å². The highest BCUT2D eigenvalue weighted by molar-refractivity contribution is 7.13. The van der Waals surface area contributed by atoms with Crippen LogP contribution in [-0.2, 0) is 16.0 Å². The van der Waals surface area contributed by atoms with Crippen LogP contribution < -0.4 is 5.32 Å². The predicted octanol–water partition coefficient (Wildman–Crippen LogP) is 3.11. The van der Waals surface area contributed by atoms with Gasteiger partial charge in [-0.3, -0.25) is 4.79 Å². The van der Waals surface area contributed by atoms with E-state index in [4.69, 9.17) is 0 Å². The summed E-state index contributed by atoms with van der Waals surface area (Å²) in [7, 11) is 0. The third-order valence-corrected chi connectivity index (χ3v) is 4.70. The second kappa shape index (κ2) is 8.01. The van der Waals surface area contributed by atoms with Gasteiger partial charge < -0.3 is 10.4 Å². The minimum Gasteiger partial charge on any atom is -0.480 e. The van der Waals surface area contributed by atoms with E-state index in [2.05, 4.69) is 10.3 Å². The summed E-state index contributed by atoms with van der Waals surface area (Å²) in [6.45, 7) is 3.66. The number of carbonyl (C=O) groups is 2. The molecule has 1 aromatic heterocycles. The topological polar surface area (TPSA) is 79.3 Å². The Morgan fingerprint density at radius 3 is 2.79 bits per heavy atom. The molecule has 2 atom stereocenters. The van der Waals surface area contributed by atoms with Crippen LogP contribution in [-0.4, -0.2) is 28.0 Å². The van der Waals surface area contributed by atoms with Crippen molar-refractivity contribution in [3.63, 3.8) is 0 Å². The van der Waals surface area contributed by atoms with Gasteiger partial charge >= 0.3 is 5.97 Å². The molecule has 0 aliphatic heterocycles. The van der Waals surface area contributed by atoms with Gasteiger partial charge in [0.25, 0.3) is 0 Å². The largest absolute Gasteiger partial charge is 0.480 e. The minimum absolute atomic E-state index is 0.00791. The Hall–Kier alpha value is -2.28. The Morgan fingerprint density at radius 1 is 1.42 bits per heavy atom. The molecular weight excluding hydrogens is 331 g/mol. The molecule has 0 saturated heterocycles. The number of rotatable bonds is 7. The fourth-order valence-electron chi connectivity index (χ4n) is 2.21. The molecule has 2 aromatic rings. The summed E-state index contributed by atoms with van der Waals surface area (Å²) in [4.78, 5) is 27.6. The van der Waals surface area contributed by atoms with Crippen molar-refractivity contribution >= 4 is 23.2 Å². The summed E-state index contributed by atoms with van der Waals surface area (Å²) in [5.74, 6) is -1.94. The second-order valence-corrected chi connectivity index (χ2v) is 6.46. The lowest BCUT2D eigenvalue weighted by Gasteiger charge is -2.19. The molecule has 5 nitrogen and oxygen atoms in total. The molecule has 0 spiro atoms. The van der Waals surface area contributed by atoms with Crippen LogP contribution in [0.1, 0.15) is 26.0 Å². The highest BCUT2D eigenvalue weighted by atomic mass is 32.1. The predicted molar refractivity (Wildman–Crippen MR) is 90.2 cm³/mol. The van der Waals surface area contributed by atoms with E-state index in [0.717, 1.165) is 0 Å². The Morgan fingerprint density at radius 2 is 2.17 bits per heavy atom. The van der Waals surface area contributed by atoms with Crippen LogP contribution in [0.5, 0.6) is 0 Å². The van der Waals surface area contributed by atoms with Crippen LogP contribution in [0, 0.1) is 11.7 Å². The standard InChI is InChI=1S/C17H19FN2O3S/c1-3-10(2)15(17(22)23)20-14(21)8-13-9-24-16(19-13)11-5-4-6-12(18)7-11/h4-7,9-10,15H,3,8H2,1-2H3,(H,20,21)(H,22,23)/t10-,15-/m0/s1. The average molecular weight is 350 g/mol. The number of carboxylic acid groups (broad SMARTS) is 1. The van der Waals surface area contributed by atoms with Crippen LogP contribution in [0.3, 0.4) is 0 Å². The number of carboxylic acids is 1. The lowest BCUT2D eigenvalue weighted by atomic mass is 9.99. The van der Waals surface area contributed by atoms with E-state index in [1.807, 2.05) is 6.92 Å². The summed E-state index contributed by atoms with van der Waals surface area (Å²) in [5.41, 5.74) is 1.18. The normalized spacial score (nSPS) is 13.3. The van der Waals surface area contributed by atoms with Crippen molar-refractivity contribution in [3.8, 4) is 10.6 Å².